The number of carbonyl (C=O) groups is 1. The van der Waals surface area contributed by atoms with Crippen molar-refractivity contribution in [2.24, 2.45) is 5.41 Å². The molecule has 1 N–H and O–H groups in total. The summed E-state index contributed by atoms with van der Waals surface area (Å²) in [5, 5.41) is 2.75. The normalized spacial score (nSPS) is 14.8. The van der Waals surface area contributed by atoms with Crippen molar-refractivity contribution in [3.63, 3.8) is 0 Å². The van der Waals surface area contributed by atoms with Gasteiger partial charge in [0.2, 0.25) is 0 Å². The molecule has 0 heterocycles. The number of rotatable bonds is 6. The zero-order chi connectivity index (χ0) is 14.4. The van der Waals surface area contributed by atoms with Crippen LogP contribution in [-0.4, -0.2) is 59.1 Å². The molecule has 1 aliphatic rings. The Bertz CT molecular complexity index is 198. The number of methoxy groups -OCH3 is 1. The molecule has 0 radical (unpaired) electrons. The number of ether oxygens (including phenoxy) is 1. The predicted octanol–water partition coefficient (Wildman–Crippen LogP) is 1.57. The van der Waals surface area contributed by atoms with Crippen LogP contribution in [0.1, 0.15) is 19.8 Å². The summed E-state index contributed by atoms with van der Waals surface area (Å²) in [6.45, 7) is 8.62. The third kappa shape index (κ3) is 15.3. The van der Waals surface area contributed by atoms with Crippen LogP contribution in [0.4, 0.5) is 0 Å². The fraction of sp³-hybridized carbons (Fsp3) is 0.786. The van der Waals surface area contributed by atoms with Gasteiger partial charge >= 0.3 is 0 Å². The monoisotopic (exact) mass is 258 g/mol. The lowest BCUT2D eigenvalue weighted by Gasteiger charge is -2.19. The fourth-order valence-electron chi connectivity index (χ4n) is 1.35. The number of carbonyl (C=O) groups excluding carboxylic acids is 1. The first-order chi connectivity index (χ1) is 8.49. The third-order valence-electron chi connectivity index (χ3n) is 2.53. The molecule has 0 aromatic carbocycles. The third-order valence-corrected chi connectivity index (χ3v) is 2.53. The second kappa shape index (κ2) is 12.7. The van der Waals surface area contributed by atoms with E-state index in [-0.39, 0.29) is 0 Å². The van der Waals surface area contributed by atoms with Crippen molar-refractivity contribution in [2.45, 2.75) is 19.8 Å². The predicted molar refractivity (Wildman–Crippen MR) is 78.0 cm³/mol. The van der Waals surface area contributed by atoms with Crippen LogP contribution in [0, 0.1) is 5.41 Å². The molecule has 1 fully saturated rings. The lowest BCUT2D eigenvalue weighted by Crippen LogP contribution is -2.28. The Hall–Kier alpha value is -0.710. The zero-order valence-electron chi connectivity index (χ0n) is 12.7. The summed E-state index contributed by atoms with van der Waals surface area (Å²) >= 11 is 0. The highest BCUT2D eigenvalue weighted by Crippen LogP contribution is 2.45. The van der Waals surface area contributed by atoms with Gasteiger partial charge in [-0.2, -0.15) is 0 Å². The largest absolute Gasteiger partial charge is 0.383 e. The average Bonchev–Trinajstić information content (AvgIpc) is 3.05. The van der Waals surface area contributed by atoms with Crippen molar-refractivity contribution in [3.8, 4) is 0 Å². The van der Waals surface area contributed by atoms with Crippen LogP contribution in [0.15, 0.2) is 12.7 Å². The highest BCUT2D eigenvalue weighted by Gasteiger charge is 2.37. The van der Waals surface area contributed by atoms with E-state index < -0.39 is 0 Å². The molecule has 0 saturated heterocycles. The van der Waals surface area contributed by atoms with E-state index in [1.165, 1.54) is 25.5 Å². The molecular weight excluding hydrogens is 228 g/mol. The molecule has 1 aliphatic carbocycles. The van der Waals surface area contributed by atoms with E-state index in [0.29, 0.717) is 11.7 Å². The molecular formula is C14H30N2O2. The van der Waals surface area contributed by atoms with Crippen molar-refractivity contribution in [1.29, 1.82) is 0 Å². The summed E-state index contributed by atoms with van der Waals surface area (Å²) in [5.41, 5.74) is 0.641. The van der Waals surface area contributed by atoms with E-state index in [0.717, 1.165) is 13.2 Å². The lowest BCUT2D eigenvalue weighted by molar-refractivity contribution is -0.104. The summed E-state index contributed by atoms with van der Waals surface area (Å²) < 4.78 is 5.01. The summed E-state index contributed by atoms with van der Waals surface area (Å²) in [6.07, 6.45) is 4.65. The number of likely N-dealkylation sites (N-methyl/N-ethyl adjacent to an activating group) is 1. The Labute approximate surface area is 112 Å². The van der Waals surface area contributed by atoms with Crippen LogP contribution in [0.3, 0.4) is 0 Å². The van der Waals surface area contributed by atoms with Crippen molar-refractivity contribution in [1.82, 2.24) is 10.2 Å². The molecule has 4 nitrogen and oxygen atoms in total. The van der Waals surface area contributed by atoms with Gasteiger partial charge < -0.3 is 15.0 Å². The molecule has 4 heteroatoms. The molecule has 0 aromatic heterocycles. The minimum Gasteiger partial charge on any atom is -0.383 e. The second-order valence-corrected chi connectivity index (χ2v) is 4.91. The first kappa shape index (κ1) is 19.6. The standard InChI is InChI=1S/C9H19NO.C3H4O.C2H7N/c1-9(4-5-9)8-10(2)6-7-11-3;1-2-3-4;1-3-2/h4-8H2,1-3H3;2-3H,1H2;3H,1-2H3. The molecule has 18 heavy (non-hydrogen) atoms. The Morgan fingerprint density at radius 3 is 2.17 bits per heavy atom. The van der Waals surface area contributed by atoms with Crippen molar-refractivity contribution >= 4 is 6.29 Å². The van der Waals surface area contributed by atoms with Crippen LogP contribution in [0.25, 0.3) is 0 Å². The molecule has 0 aliphatic heterocycles. The molecule has 1 saturated carbocycles. The Balaban J connectivity index is 0. The van der Waals surface area contributed by atoms with Crippen LogP contribution in [0.5, 0.6) is 0 Å². The van der Waals surface area contributed by atoms with E-state index in [4.69, 9.17) is 9.53 Å². The van der Waals surface area contributed by atoms with E-state index in [2.05, 4.69) is 30.8 Å². The van der Waals surface area contributed by atoms with E-state index in [1.54, 1.807) is 7.11 Å². The van der Waals surface area contributed by atoms with Gasteiger partial charge in [0.15, 0.2) is 0 Å². The number of nitrogens with zero attached hydrogens (tertiary/aromatic N) is 1. The molecule has 0 atom stereocenters. The molecule has 1 rings (SSSR count). The van der Waals surface area contributed by atoms with Crippen LogP contribution >= 0.6 is 0 Å². The lowest BCUT2D eigenvalue weighted by atomic mass is 10.1. The van der Waals surface area contributed by atoms with Gasteiger partial charge in [0, 0.05) is 20.2 Å². The van der Waals surface area contributed by atoms with Gasteiger partial charge in [-0.25, -0.2) is 0 Å². The maximum Gasteiger partial charge on any atom is 0.142 e. The number of aldehydes is 1. The quantitative estimate of drug-likeness (QED) is 0.580. The smallest absolute Gasteiger partial charge is 0.142 e. The fourth-order valence-corrected chi connectivity index (χ4v) is 1.35. The summed E-state index contributed by atoms with van der Waals surface area (Å²) in [5.74, 6) is 0. The Morgan fingerprint density at radius 1 is 1.44 bits per heavy atom. The number of nitrogens with one attached hydrogen (secondary N) is 1. The van der Waals surface area contributed by atoms with Crippen LogP contribution < -0.4 is 5.32 Å². The maximum atomic E-state index is 9.06. The number of hydrogen-bond donors (Lipinski definition) is 1. The van der Waals surface area contributed by atoms with Crippen molar-refractivity contribution in [3.05, 3.63) is 12.7 Å². The van der Waals surface area contributed by atoms with Crippen LogP contribution in [-0.2, 0) is 9.53 Å². The molecule has 0 aromatic rings. The highest BCUT2D eigenvalue weighted by atomic mass is 16.5. The molecule has 0 bridgehead atoms. The topological polar surface area (TPSA) is 41.6 Å². The Kier molecular flexibility index (Phi) is 13.9. The van der Waals surface area contributed by atoms with E-state index in [1.807, 2.05) is 14.1 Å². The summed E-state index contributed by atoms with van der Waals surface area (Å²) in [4.78, 5) is 11.4. The van der Waals surface area contributed by atoms with Crippen LogP contribution in [0.2, 0.25) is 0 Å². The molecule has 0 unspecified atom stereocenters. The van der Waals surface area contributed by atoms with Gasteiger partial charge in [0.25, 0.3) is 0 Å². The average molecular weight is 258 g/mol. The van der Waals surface area contributed by atoms with Gasteiger partial charge in [0.05, 0.1) is 6.61 Å². The SMILES string of the molecule is C=CC=O.CNC.COCCN(C)CC1(C)CC1. The number of hydrogen-bond acceptors (Lipinski definition) is 4. The minimum absolute atomic E-state index is 0.639. The minimum atomic E-state index is 0.639. The van der Waals surface area contributed by atoms with Crippen molar-refractivity contribution in [2.75, 3.05) is 47.9 Å². The van der Waals surface area contributed by atoms with Gasteiger partial charge in [-0.1, -0.05) is 13.5 Å². The first-order valence-electron chi connectivity index (χ1n) is 6.31. The zero-order valence-corrected chi connectivity index (χ0v) is 12.7. The molecule has 0 amide bonds. The van der Waals surface area contributed by atoms with Gasteiger partial charge in [-0.3, -0.25) is 4.79 Å². The summed E-state index contributed by atoms with van der Waals surface area (Å²) in [7, 11) is 7.68. The van der Waals surface area contributed by atoms with Gasteiger partial charge in [-0.15, -0.1) is 0 Å². The number of allylic oxidation sites excluding steroid dienone is 1. The van der Waals surface area contributed by atoms with E-state index >= 15 is 0 Å². The first-order valence-corrected chi connectivity index (χ1v) is 6.31. The summed E-state index contributed by atoms with van der Waals surface area (Å²) in [6, 6.07) is 0. The maximum absolute atomic E-state index is 9.06. The second-order valence-electron chi connectivity index (χ2n) is 4.91. The Morgan fingerprint density at radius 2 is 1.89 bits per heavy atom. The van der Waals surface area contributed by atoms with Crippen molar-refractivity contribution < 1.29 is 9.53 Å². The molecule has 108 valence electrons. The molecule has 0 spiro atoms. The van der Waals surface area contributed by atoms with E-state index in [9.17, 15) is 0 Å². The van der Waals surface area contributed by atoms with Gasteiger partial charge in [0.1, 0.15) is 6.29 Å². The van der Waals surface area contributed by atoms with Gasteiger partial charge in [-0.05, 0) is 45.5 Å². The highest BCUT2D eigenvalue weighted by molar-refractivity contribution is 5.63.